The maximum Gasteiger partial charge on any atom is 0.306 e. The van der Waals surface area contributed by atoms with Crippen molar-refractivity contribution >= 4 is 23.3 Å². The summed E-state index contributed by atoms with van der Waals surface area (Å²) in [6, 6.07) is 0. The van der Waals surface area contributed by atoms with Crippen LogP contribution < -0.4 is 16.0 Å². The van der Waals surface area contributed by atoms with Crippen LogP contribution >= 0.6 is 0 Å². The van der Waals surface area contributed by atoms with E-state index in [1.807, 2.05) is 4.90 Å². The molecule has 1 aromatic rings. The number of carboxylic acids is 1. The molecule has 0 radical (unpaired) electrons. The number of nitrogens with two attached hydrogens (primary N) is 1. The third-order valence-corrected chi connectivity index (χ3v) is 3.42. The van der Waals surface area contributed by atoms with Gasteiger partial charge in [-0.3, -0.25) is 4.79 Å². The minimum Gasteiger partial charge on any atom is -0.481 e. The number of carboxylic acid groups (broad SMARTS) is 1. The molecule has 1 aliphatic rings. The van der Waals surface area contributed by atoms with Crippen LogP contribution in [0.25, 0.3) is 0 Å². The van der Waals surface area contributed by atoms with E-state index in [2.05, 4.69) is 21.9 Å². The lowest BCUT2D eigenvalue weighted by Crippen LogP contribution is -2.37. The smallest absolute Gasteiger partial charge is 0.306 e. The summed E-state index contributed by atoms with van der Waals surface area (Å²) in [6.07, 6.45) is 4.39. The van der Waals surface area contributed by atoms with Crippen molar-refractivity contribution < 1.29 is 9.90 Å². The second-order valence-electron chi connectivity index (χ2n) is 4.73. The molecule has 7 nitrogen and oxygen atoms in total. The van der Waals surface area contributed by atoms with Crippen LogP contribution in [0.3, 0.4) is 0 Å². The van der Waals surface area contributed by atoms with Crippen LogP contribution in [-0.4, -0.2) is 40.7 Å². The van der Waals surface area contributed by atoms with Crippen molar-refractivity contribution in [3.63, 3.8) is 0 Å². The van der Waals surface area contributed by atoms with Gasteiger partial charge in [0.15, 0.2) is 11.6 Å². The number of anilines is 3. The maximum atomic E-state index is 10.9. The number of nitrogens with one attached hydrogen (secondary N) is 1. The molecule has 0 aliphatic carbocycles. The Hall–Kier alpha value is -2.31. The summed E-state index contributed by atoms with van der Waals surface area (Å²) in [5.74, 6) is 0.243. The Labute approximate surface area is 117 Å². The molecule has 0 atom stereocenters. The quantitative estimate of drug-likeness (QED) is 0.688. The highest BCUT2D eigenvalue weighted by atomic mass is 16.4. The molecule has 1 aromatic heterocycles. The Balaban J connectivity index is 2.09. The van der Waals surface area contributed by atoms with Crippen molar-refractivity contribution in [1.82, 2.24) is 9.97 Å². The van der Waals surface area contributed by atoms with Gasteiger partial charge in [-0.1, -0.05) is 6.08 Å². The zero-order valence-electron chi connectivity index (χ0n) is 11.2. The molecule has 1 saturated heterocycles. The van der Waals surface area contributed by atoms with Gasteiger partial charge in [0.05, 0.1) is 5.92 Å². The fraction of sp³-hybridized carbons (Fsp3) is 0.462. The molecule has 0 saturated carbocycles. The van der Waals surface area contributed by atoms with Gasteiger partial charge < -0.3 is 21.1 Å². The average molecular weight is 277 g/mol. The molecule has 1 aliphatic heterocycles. The summed E-state index contributed by atoms with van der Waals surface area (Å²) in [4.78, 5) is 21.3. The minimum absolute atomic E-state index is 0.271. The van der Waals surface area contributed by atoms with Crippen LogP contribution in [-0.2, 0) is 4.79 Å². The van der Waals surface area contributed by atoms with Gasteiger partial charge in [-0.15, -0.1) is 6.58 Å². The van der Waals surface area contributed by atoms with Crippen LogP contribution in [0.4, 0.5) is 17.3 Å². The lowest BCUT2D eigenvalue weighted by molar-refractivity contribution is -0.142. The number of carbonyl (C=O) groups is 1. The average Bonchev–Trinajstić information content (AvgIpc) is 2.46. The van der Waals surface area contributed by atoms with Crippen molar-refractivity contribution in [2.75, 3.05) is 35.6 Å². The monoisotopic (exact) mass is 277 g/mol. The standard InChI is InChI=1S/C13H19N5O2/c1-2-5-15-11-10(14)12(17-8-16-11)18-6-3-9(4-7-18)13(19)20/h2,8-9H,1,3-7,14H2,(H,19,20)(H,15,16,17). The molecule has 7 heteroatoms. The number of aromatic nitrogens is 2. The first kappa shape index (κ1) is 14.1. The van der Waals surface area contributed by atoms with Crippen LogP contribution in [0.5, 0.6) is 0 Å². The van der Waals surface area contributed by atoms with Crippen molar-refractivity contribution in [1.29, 1.82) is 0 Å². The topological polar surface area (TPSA) is 104 Å². The van der Waals surface area contributed by atoms with E-state index in [9.17, 15) is 4.79 Å². The molecule has 0 bridgehead atoms. The van der Waals surface area contributed by atoms with Gasteiger partial charge in [0.1, 0.15) is 12.0 Å². The van der Waals surface area contributed by atoms with Gasteiger partial charge in [0.2, 0.25) is 0 Å². The predicted molar refractivity (Wildman–Crippen MR) is 77.7 cm³/mol. The Morgan fingerprint density at radius 1 is 1.55 bits per heavy atom. The van der Waals surface area contributed by atoms with Crippen LogP contribution in [0, 0.1) is 5.92 Å². The Morgan fingerprint density at radius 3 is 2.85 bits per heavy atom. The third-order valence-electron chi connectivity index (χ3n) is 3.42. The molecule has 0 aromatic carbocycles. The van der Waals surface area contributed by atoms with Gasteiger partial charge in [0, 0.05) is 19.6 Å². The predicted octanol–water partition coefficient (Wildman–Crippen LogP) is 0.958. The van der Waals surface area contributed by atoms with E-state index in [1.54, 1.807) is 6.08 Å². The molecule has 1 fully saturated rings. The van der Waals surface area contributed by atoms with Crippen molar-refractivity contribution in [2.45, 2.75) is 12.8 Å². The summed E-state index contributed by atoms with van der Waals surface area (Å²) < 4.78 is 0. The van der Waals surface area contributed by atoms with E-state index >= 15 is 0 Å². The maximum absolute atomic E-state index is 10.9. The van der Waals surface area contributed by atoms with Crippen molar-refractivity contribution in [3.05, 3.63) is 19.0 Å². The van der Waals surface area contributed by atoms with Crippen LogP contribution in [0.2, 0.25) is 0 Å². The molecule has 4 N–H and O–H groups in total. The fourth-order valence-corrected chi connectivity index (χ4v) is 2.29. The lowest BCUT2D eigenvalue weighted by atomic mass is 9.97. The molecule has 2 rings (SSSR count). The normalized spacial score (nSPS) is 15.9. The first-order valence-electron chi connectivity index (χ1n) is 6.56. The first-order chi connectivity index (χ1) is 9.63. The summed E-state index contributed by atoms with van der Waals surface area (Å²) in [5, 5.41) is 12.1. The Bertz CT molecular complexity index is 498. The number of piperidine rings is 1. The van der Waals surface area contributed by atoms with Gasteiger partial charge in [-0.2, -0.15) is 0 Å². The van der Waals surface area contributed by atoms with Gasteiger partial charge >= 0.3 is 5.97 Å². The van der Waals surface area contributed by atoms with E-state index in [4.69, 9.17) is 10.8 Å². The Morgan fingerprint density at radius 2 is 2.25 bits per heavy atom. The number of aliphatic carboxylic acids is 1. The van der Waals surface area contributed by atoms with E-state index < -0.39 is 5.97 Å². The van der Waals surface area contributed by atoms with Gasteiger partial charge in [0.25, 0.3) is 0 Å². The van der Waals surface area contributed by atoms with Crippen LogP contribution in [0.15, 0.2) is 19.0 Å². The molecule has 0 spiro atoms. The van der Waals surface area contributed by atoms with Crippen molar-refractivity contribution in [2.24, 2.45) is 5.92 Å². The van der Waals surface area contributed by atoms with E-state index in [0.717, 1.165) is 0 Å². The fourth-order valence-electron chi connectivity index (χ4n) is 2.29. The highest BCUT2D eigenvalue weighted by Gasteiger charge is 2.26. The molecule has 108 valence electrons. The summed E-state index contributed by atoms with van der Waals surface area (Å²) in [7, 11) is 0. The van der Waals surface area contributed by atoms with Crippen LogP contribution in [0.1, 0.15) is 12.8 Å². The molecule has 20 heavy (non-hydrogen) atoms. The summed E-state index contributed by atoms with van der Waals surface area (Å²) >= 11 is 0. The third kappa shape index (κ3) is 2.98. The van der Waals surface area contributed by atoms with Crippen molar-refractivity contribution in [3.8, 4) is 0 Å². The lowest BCUT2D eigenvalue weighted by Gasteiger charge is -2.31. The Kier molecular flexibility index (Phi) is 4.39. The summed E-state index contributed by atoms with van der Waals surface area (Å²) in [6.45, 7) is 5.48. The zero-order chi connectivity index (χ0) is 14.5. The molecule has 0 unspecified atom stereocenters. The molecule has 0 amide bonds. The second kappa shape index (κ2) is 6.23. The largest absolute Gasteiger partial charge is 0.481 e. The first-order valence-corrected chi connectivity index (χ1v) is 6.56. The highest BCUT2D eigenvalue weighted by molar-refractivity contribution is 5.75. The van der Waals surface area contributed by atoms with Gasteiger partial charge in [-0.05, 0) is 12.8 Å². The number of hydrogen-bond donors (Lipinski definition) is 3. The van der Waals surface area contributed by atoms with E-state index in [0.29, 0.717) is 49.8 Å². The number of nitrogen functional groups attached to an aromatic ring is 1. The molecule has 2 heterocycles. The van der Waals surface area contributed by atoms with E-state index in [1.165, 1.54) is 6.33 Å². The minimum atomic E-state index is -0.728. The van der Waals surface area contributed by atoms with E-state index in [-0.39, 0.29) is 5.92 Å². The van der Waals surface area contributed by atoms with Gasteiger partial charge in [-0.25, -0.2) is 9.97 Å². The zero-order valence-corrected chi connectivity index (χ0v) is 11.2. The second-order valence-corrected chi connectivity index (χ2v) is 4.73. The molecular formula is C13H19N5O2. The highest BCUT2D eigenvalue weighted by Crippen LogP contribution is 2.29. The SMILES string of the molecule is C=CCNc1ncnc(N2CCC(C(=O)O)CC2)c1N. The molecular weight excluding hydrogens is 258 g/mol. The number of hydrogen-bond acceptors (Lipinski definition) is 6. The number of nitrogens with zero attached hydrogens (tertiary/aromatic N) is 3. The summed E-state index contributed by atoms with van der Waals surface area (Å²) in [5.41, 5.74) is 6.56. The number of rotatable bonds is 5.